The van der Waals surface area contributed by atoms with Crippen molar-refractivity contribution in [1.29, 1.82) is 0 Å². The Bertz CT molecular complexity index is 771. The minimum Gasteiger partial charge on any atom is -0.497 e. The minimum absolute atomic E-state index is 0.0428. The third-order valence-corrected chi connectivity index (χ3v) is 7.24. The van der Waals surface area contributed by atoms with Gasteiger partial charge in [-0.2, -0.15) is 0 Å². The second kappa shape index (κ2) is 9.99. The van der Waals surface area contributed by atoms with Crippen LogP contribution in [0.1, 0.15) is 26.7 Å². The molecule has 0 bridgehead atoms. The summed E-state index contributed by atoms with van der Waals surface area (Å²) in [5.74, 6) is 1.59. The fourth-order valence-electron chi connectivity index (χ4n) is 3.67. The van der Waals surface area contributed by atoms with Crippen LogP contribution in [-0.2, 0) is 15.6 Å². The highest BCUT2D eigenvalue weighted by atomic mass is 32.2. The first-order chi connectivity index (χ1) is 13.6. The Kier molecular flexibility index (Phi) is 7.41. The van der Waals surface area contributed by atoms with Gasteiger partial charge in [0.25, 0.3) is 0 Å². The summed E-state index contributed by atoms with van der Waals surface area (Å²) < 4.78 is 6.21. The molecule has 0 fully saturated rings. The van der Waals surface area contributed by atoms with Gasteiger partial charge in [0.1, 0.15) is 10.7 Å². The normalized spacial score (nSPS) is 17.2. The SMILES string of the molecule is CC1=C(OCCCN(C)C)C(C)CC([S+](c2ccccc2)c2ccccc2)=C1. The largest absolute Gasteiger partial charge is 0.497 e. The van der Waals surface area contributed by atoms with E-state index in [9.17, 15) is 0 Å². The molecule has 0 aromatic heterocycles. The summed E-state index contributed by atoms with van der Waals surface area (Å²) in [5, 5.41) is 0. The van der Waals surface area contributed by atoms with Gasteiger partial charge in [-0.1, -0.05) is 43.3 Å². The van der Waals surface area contributed by atoms with Crippen molar-refractivity contribution in [2.75, 3.05) is 27.2 Å². The molecule has 148 valence electrons. The second-order valence-electron chi connectivity index (χ2n) is 7.70. The van der Waals surface area contributed by atoms with E-state index in [2.05, 4.69) is 99.6 Å². The second-order valence-corrected chi connectivity index (χ2v) is 9.78. The summed E-state index contributed by atoms with van der Waals surface area (Å²) in [7, 11) is 4.17. The van der Waals surface area contributed by atoms with Gasteiger partial charge in [0.2, 0.25) is 0 Å². The summed E-state index contributed by atoms with van der Waals surface area (Å²) in [4.78, 5) is 6.48. The predicted octanol–water partition coefficient (Wildman–Crippen LogP) is 5.89. The van der Waals surface area contributed by atoms with Crippen LogP contribution in [0.4, 0.5) is 0 Å². The molecule has 2 aromatic carbocycles. The van der Waals surface area contributed by atoms with E-state index in [1.165, 1.54) is 26.0 Å². The molecule has 28 heavy (non-hydrogen) atoms. The average molecular weight is 395 g/mol. The van der Waals surface area contributed by atoms with E-state index >= 15 is 0 Å². The molecule has 0 saturated carbocycles. The molecule has 0 saturated heterocycles. The number of nitrogens with zero attached hydrogens (tertiary/aromatic N) is 1. The molecule has 0 N–H and O–H groups in total. The monoisotopic (exact) mass is 394 g/mol. The van der Waals surface area contributed by atoms with Crippen LogP contribution < -0.4 is 0 Å². The van der Waals surface area contributed by atoms with Gasteiger partial charge in [-0.05, 0) is 63.4 Å². The van der Waals surface area contributed by atoms with Gasteiger partial charge < -0.3 is 9.64 Å². The van der Waals surface area contributed by atoms with E-state index in [1.807, 2.05) is 0 Å². The lowest BCUT2D eigenvalue weighted by Crippen LogP contribution is -2.19. The van der Waals surface area contributed by atoms with Crippen molar-refractivity contribution in [3.63, 3.8) is 0 Å². The Morgan fingerprint density at radius 3 is 2.04 bits per heavy atom. The quantitative estimate of drug-likeness (QED) is 0.409. The standard InChI is InChI=1S/C25H32NOS/c1-20-18-24(19-21(2)25(20)27-17-11-16-26(3)4)28(22-12-7-5-8-13-22)23-14-9-6-10-15-23/h5-10,12-15,18,21H,11,16-17,19H2,1-4H3/q+1. The van der Waals surface area contributed by atoms with Gasteiger partial charge >= 0.3 is 0 Å². The van der Waals surface area contributed by atoms with Gasteiger partial charge in [0.15, 0.2) is 9.79 Å². The summed E-state index contributed by atoms with van der Waals surface area (Å²) in [6.07, 6.45) is 4.49. The van der Waals surface area contributed by atoms with E-state index < -0.39 is 0 Å². The van der Waals surface area contributed by atoms with Crippen LogP contribution in [0.3, 0.4) is 0 Å². The topological polar surface area (TPSA) is 12.5 Å². The lowest BCUT2D eigenvalue weighted by molar-refractivity contribution is 0.165. The van der Waals surface area contributed by atoms with Gasteiger partial charge in [-0.25, -0.2) is 0 Å². The molecule has 1 unspecified atom stereocenters. The molecule has 2 nitrogen and oxygen atoms in total. The maximum atomic E-state index is 6.21. The van der Waals surface area contributed by atoms with Crippen LogP contribution in [0.2, 0.25) is 0 Å². The van der Waals surface area contributed by atoms with Crippen LogP contribution >= 0.6 is 0 Å². The molecule has 1 atom stereocenters. The van der Waals surface area contributed by atoms with Crippen LogP contribution in [0.5, 0.6) is 0 Å². The van der Waals surface area contributed by atoms with Gasteiger partial charge in [0.05, 0.1) is 17.5 Å². The van der Waals surface area contributed by atoms with E-state index in [1.54, 1.807) is 0 Å². The zero-order chi connectivity index (χ0) is 19.9. The van der Waals surface area contributed by atoms with Crippen LogP contribution in [0.15, 0.2) is 92.8 Å². The number of hydrogen-bond acceptors (Lipinski definition) is 2. The summed E-state index contributed by atoms with van der Waals surface area (Å²) in [6, 6.07) is 21.8. The van der Waals surface area contributed by atoms with Gasteiger partial charge in [-0.15, -0.1) is 0 Å². The lowest BCUT2D eigenvalue weighted by Gasteiger charge is -2.24. The molecule has 1 aliphatic rings. The van der Waals surface area contributed by atoms with Gasteiger partial charge in [-0.3, -0.25) is 0 Å². The molecule has 2 aromatic rings. The van der Waals surface area contributed by atoms with Crippen LogP contribution in [0, 0.1) is 5.92 Å². The zero-order valence-electron chi connectivity index (χ0n) is 17.5. The molecule has 0 spiro atoms. The molecule has 3 heteroatoms. The summed E-state index contributed by atoms with van der Waals surface area (Å²) in [6.45, 7) is 6.36. The maximum absolute atomic E-state index is 6.21. The highest BCUT2D eigenvalue weighted by Crippen LogP contribution is 2.39. The van der Waals surface area contributed by atoms with Crippen molar-refractivity contribution in [2.45, 2.75) is 36.5 Å². The molecule has 0 amide bonds. The van der Waals surface area contributed by atoms with Crippen LogP contribution in [-0.4, -0.2) is 32.1 Å². The minimum atomic E-state index is -0.0428. The van der Waals surface area contributed by atoms with Crippen molar-refractivity contribution >= 4 is 10.9 Å². The first-order valence-electron chi connectivity index (χ1n) is 10.1. The molecular formula is C25H32NOS+. The summed E-state index contributed by atoms with van der Waals surface area (Å²) >= 11 is 0. The smallest absolute Gasteiger partial charge is 0.166 e. The Labute approximate surface area is 173 Å². The number of hydrogen-bond donors (Lipinski definition) is 0. The number of rotatable bonds is 8. The number of ether oxygens (including phenoxy) is 1. The molecule has 0 heterocycles. The van der Waals surface area contributed by atoms with E-state index in [4.69, 9.17) is 4.74 Å². The Morgan fingerprint density at radius 2 is 1.54 bits per heavy atom. The van der Waals surface area contributed by atoms with Crippen molar-refractivity contribution in [3.8, 4) is 0 Å². The fraction of sp³-hybridized carbons (Fsp3) is 0.360. The lowest BCUT2D eigenvalue weighted by atomic mass is 9.96. The predicted molar refractivity (Wildman–Crippen MR) is 120 cm³/mol. The van der Waals surface area contributed by atoms with E-state index in [0.29, 0.717) is 5.92 Å². The van der Waals surface area contributed by atoms with E-state index in [0.717, 1.165) is 26.0 Å². The zero-order valence-corrected chi connectivity index (χ0v) is 18.3. The van der Waals surface area contributed by atoms with Crippen molar-refractivity contribution in [3.05, 3.63) is 83.0 Å². The number of benzene rings is 2. The molecule has 0 aliphatic heterocycles. The summed E-state index contributed by atoms with van der Waals surface area (Å²) in [5.41, 5.74) is 1.28. The van der Waals surface area contributed by atoms with Crippen molar-refractivity contribution < 1.29 is 4.74 Å². The first kappa shape index (κ1) is 20.8. The fourth-order valence-corrected chi connectivity index (χ4v) is 6.12. The molecule has 0 radical (unpaired) electrons. The average Bonchev–Trinajstić information content (AvgIpc) is 2.68. The molecule has 3 rings (SSSR count). The maximum Gasteiger partial charge on any atom is 0.166 e. The highest BCUT2D eigenvalue weighted by Gasteiger charge is 2.35. The highest BCUT2D eigenvalue weighted by molar-refractivity contribution is 8.00. The van der Waals surface area contributed by atoms with E-state index in [-0.39, 0.29) is 10.9 Å². The molecule has 1 aliphatic carbocycles. The van der Waals surface area contributed by atoms with Crippen molar-refractivity contribution in [2.24, 2.45) is 5.92 Å². The third kappa shape index (κ3) is 5.30. The Hall–Kier alpha value is -1.97. The van der Waals surface area contributed by atoms with Crippen molar-refractivity contribution in [1.82, 2.24) is 4.90 Å². The Balaban J connectivity index is 1.86. The molecular weight excluding hydrogens is 362 g/mol. The van der Waals surface area contributed by atoms with Gasteiger partial charge in [0, 0.05) is 18.9 Å². The first-order valence-corrected chi connectivity index (χ1v) is 11.3. The Morgan fingerprint density at radius 1 is 0.964 bits per heavy atom. The number of allylic oxidation sites excluding steroid dienone is 4. The van der Waals surface area contributed by atoms with Crippen LogP contribution in [0.25, 0.3) is 0 Å². The third-order valence-electron chi connectivity index (χ3n) is 4.95.